The lowest BCUT2D eigenvalue weighted by Crippen LogP contribution is -2.13. The minimum atomic E-state index is -1.27. The molecule has 0 bridgehead atoms. The second-order valence-electron chi connectivity index (χ2n) is 4.03. The van der Waals surface area contributed by atoms with Gasteiger partial charge < -0.3 is 4.74 Å². The highest BCUT2D eigenvalue weighted by Crippen LogP contribution is 2.34. The molecule has 1 aliphatic rings. The van der Waals surface area contributed by atoms with Crippen LogP contribution in [0.3, 0.4) is 0 Å². The van der Waals surface area contributed by atoms with Crippen molar-refractivity contribution in [3.05, 3.63) is 39.8 Å². The maximum atomic E-state index is 13.7. The third-order valence-electron chi connectivity index (χ3n) is 2.96. The van der Waals surface area contributed by atoms with Crippen LogP contribution in [0.5, 0.6) is 0 Å². The van der Waals surface area contributed by atoms with Gasteiger partial charge in [0.1, 0.15) is 11.3 Å². The van der Waals surface area contributed by atoms with Gasteiger partial charge in [-0.1, -0.05) is 11.6 Å². The number of hydrogen-bond donors (Lipinski definition) is 0. The first-order chi connectivity index (χ1) is 8.59. The first-order valence-corrected chi connectivity index (χ1v) is 5.69. The van der Waals surface area contributed by atoms with E-state index in [4.69, 9.17) is 16.3 Å². The lowest BCUT2D eigenvalue weighted by Gasteiger charge is -2.18. The molecule has 3 rings (SSSR count). The van der Waals surface area contributed by atoms with Crippen LogP contribution in [0.4, 0.5) is 13.2 Å². The van der Waals surface area contributed by atoms with Crippen molar-refractivity contribution >= 4 is 22.5 Å². The first-order valence-electron chi connectivity index (χ1n) is 5.31. The number of rotatable bonds is 0. The van der Waals surface area contributed by atoms with Crippen LogP contribution >= 0.6 is 11.6 Å². The quantitative estimate of drug-likeness (QED) is 0.687. The SMILES string of the molecule is Fc1cc(F)c2c(Cl)c3c(nc2c1F)CCOC3. The predicted octanol–water partition coefficient (Wildman–Crippen LogP) is 3.38. The standard InChI is InChI=1S/C12H7ClF3NO/c13-10-5-4-18-2-1-8(5)17-12-9(10)6(14)3-7(15)11(12)16/h3H,1-2,4H2. The normalized spacial score (nSPS) is 14.9. The second-order valence-corrected chi connectivity index (χ2v) is 4.41. The highest BCUT2D eigenvalue weighted by Gasteiger charge is 2.23. The highest BCUT2D eigenvalue weighted by atomic mass is 35.5. The average Bonchev–Trinajstić information content (AvgIpc) is 2.36. The molecule has 0 amide bonds. The molecule has 0 saturated carbocycles. The van der Waals surface area contributed by atoms with E-state index in [2.05, 4.69) is 4.98 Å². The Morgan fingerprint density at radius 1 is 1.22 bits per heavy atom. The number of nitrogens with zero attached hydrogens (tertiary/aromatic N) is 1. The molecule has 0 aliphatic carbocycles. The van der Waals surface area contributed by atoms with E-state index in [9.17, 15) is 13.2 Å². The van der Waals surface area contributed by atoms with Gasteiger partial charge in [0.25, 0.3) is 0 Å². The largest absolute Gasteiger partial charge is 0.376 e. The fourth-order valence-electron chi connectivity index (χ4n) is 2.07. The highest BCUT2D eigenvalue weighted by molar-refractivity contribution is 6.36. The van der Waals surface area contributed by atoms with Crippen LogP contribution in [0.2, 0.25) is 5.02 Å². The summed E-state index contributed by atoms with van der Waals surface area (Å²) in [6, 6.07) is 0.474. The summed E-state index contributed by atoms with van der Waals surface area (Å²) in [6.45, 7) is 0.636. The zero-order valence-corrected chi connectivity index (χ0v) is 9.82. The Morgan fingerprint density at radius 2 is 2.00 bits per heavy atom. The Morgan fingerprint density at radius 3 is 2.78 bits per heavy atom. The first kappa shape index (κ1) is 11.7. The van der Waals surface area contributed by atoms with Crippen molar-refractivity contribution in [2.45, 2.75) is 13.0 Å². The maximum absolute atomic E-state index is 13.7. The zero-order chi connectivity index (χ0) is 12.9. The Bertz CT molecular complexity index is 660. The van der Waals surface area contributed by atoms with E-state index in [1.54, 1.807) is 0 Å². The van der Waals surface area contributed by atoms with Gasteiger partial charge in [0.05, 0.1) is 29.3 Å². The van der Waals surface area contributed by atoms with Crippen LogP contribution in [-0.2, 0) is 17.8 Å². The van der Waals surface area contributed by atoms with Gasteiger partial charge in [-0.2, -0.15) is 0 Å². The average molecular weight is 274 g/mol. The Labute approximate surface area is 105 Å². The van der Waals surface area contributed by atoms with Gasteiger partial charge in [0.2, 0.25) is 0 Å². The summed E-state index contributed by atoms with van der Waals surface area (Å²) in [7, 11) is 0. The summed E-state index contributed by atoms with van der Waals surface area (Å²) >= 11 is 6.04. The molecular weight excluding hydrogens is 267 g/mol. The summed E-state index contributed by atoms with van der Waals surface area (Å²) in [6.07, 6.45) is 0.447. The van der Waals surface area contributed by atoms with Crippen LogP contribution in [0.15, 0.2) is 6.07 Å². The van der Waals surface area contributed by atoms with Crippen molar-refractivity contribution in [1.29, 1.82) is 0 Å². The smallest absolute Gasteiger partial charge is 0.185 e. The molecule has 1 aliphatic heterocycles. The third-order valence-corrected chi connectivity index (χ3v) is 3.37. The van der Waals surface area contributed by atoms with E-state index in [0.29, 0.717) is 30.4 Å². The fourth-order valence-corrected chi connectivity index (χ4v) is 2.42. The van der Waals surface area contributed by atoms with Gasteiger partial charge in [-0.25, -0.2) is 18.2 Å². The van der Waals surface area contributed by atoms with Crippen LogP contribution in [0.25, 0.3) is 10.9 Å². The molecule has 1 aromatic carbocycles. The fraction of sp³-hybridized carbons (Fsp3) is 0.250. The van der Waals surface area contributed by atoms with E-state index in [1.807, 2.05) is 0 Å². The van der Waals surface area contributed by atoms with Crippen LogP contribution < -0.4 is 0 Å². The maximum Gasteiger partial charge on any atom is 0.185 e. The molecule has 0 N–H and O–H groups in total. The molecule has 6 heteroatoms. The zero-order valence-electron chi connectivity index (χ0n) is 9.07. The van der Waals surface area contributed by atoms with Crippen LogP contribution in [0, 0.1) is 17.5 Å². The topological polar surface area (TPSA) is 22.1 Å². The Kier molecular flexibility index (Phi) is 2.68. The summed E-state index contributed by atoms with van der Waals surface area (Å²) in [4.78, 5) is 3.98. The van der Waals surface area contributed by atoms with Gasteiger partial charge in [-0.3, -0.25) is 0 Å². The molecule has 2 aromatic rings. The lowest BCUT2D eigenvalue weighted by molar-refractivity contribution is 0.109. The van der Waals surface area contributed by atoms with Gasteiger partial charge >= 0.3 is 0 Å². The Hall–Kier alpha value is -1.33. The van der Waals surface area contributed by atoms with E-state index in [1.165, 1.54) is 0 Å². The van der Waals surface area contributed by atoms with Crippen molar-refractivity contribution in [3.8, 4) is 0 Å². The van der Waals surface area contributed by atoms with Crippen molar-refractivity contribution in [2.24, 2.45) is 0 Å². The van der Waals surface area contributed by atoms with E-state index in [0.717, 1.165) is 0 Å². The number of aromatic nitrogens is 1. The van der Waals surface area contributed by atoms with Crippen molar-refractivity contribution in [2.75, 3.05) is 6.61 Å². The minimum Gasteiger partial charge on any atom is -0.376 e. The predicted molar refractivity (Wildman–Crippen MR) is 60.0 cm³/mol. The summed E-state index contributed by atoms with van der Waals surface area (Å²) in [5.41, 5.74) is 0.709. The number of halogens is 4. The molecule has 0 unspecified atom stereocenters. The van der Waals surface area contributed by atoms with Crippen LogP contribution in [0.1, 0.15) is 11.3 Å². The van der Waals surface area contributed by atoms with Gasteiger partial charge in [0.15, 0.2) is 11.6 Å². The van der Waals surface area contributed by atoms with Gasteiger partial charge in [0, 0.05) is 18.1 Å². The van der Waals surface area contributed by atoms with E-state index >= 15 is 0 Å². The molecule has 0 fully saturated rings. The van der Waals surface area contributed by atoms with Crippen LogP contribution in [-0.4, -0.2) is 11.6 Å². The molecule has 1 aromatic heterocycles. The van der Waals surface area contributed by atoms with Crippen molar-refractivity contribution in [3.63, 3.8) is 0 Å². The molecule has 2 nitrogen and oxygen atoms in total. The Balaban J connectivity index is 2.45. The molecule has 18 heavy (non-hydrogen) atoms. The molecular formula is C12H7ClF3NO. The molecule has 0 spiro atoms. The lowest BCUT2D eigenvalue weighted by atomic mass is 10.1. The van der Waals surface area contributed by atoms with Crippen molar-refractivity contribution < 1.29 is 17.9 Å². The van der Waals surface area contributed by atoms with Crippen molar-refractivity contribution in [1.82, 2.24) is 4.98 Å². The molecule has 0 saturated heterocycles. The number of fused-ring (bicyclic) bond motifs is 2. The second kappa shape index (κ2) is 4.10. The number of benzene rings is 1. The molecule has 0 atom stereocenters. The summed E-state index contributed by atoms with van der Waals surface area (Å²) in [5.74, 6) is -3.37. The number of ether oxygens (including phenoxy) is 1. The molecule has 2 heterocycles. The van der Waals surface area contributed by atoms with E-state index in [-0.39, 0.29) is 22.5 Å². The number of hydrogen-bond acceptors (Lipinski definition) is 2. The monoisotopic (exact) mass is 273 g/mol. The van der Waals surface area contributed by atoms with Gasteiger partial charge in [-0.15, -0.1) is 0 Å². The number of pyridine rings is 1. The summed E-state index contributed by atoms with van der Waals surface area (Å²) < 4.78 is 45.7. The molecule has 94 valence electrons. The van der Waals surface area contributed by atoms with E-state index < -0.39 is 17.5 Å². The van der Waals surface area contributed by atoms with Gasteiger partial charge in [-0.05, 0) is 0 Å². The minimum absolute atomic E-state index is 0.0473. The third kappa shape index (κ3) is 1.58. The molecule has 0 radical (unpaired) electrons. The summed E-state index contributed by atoms with van der Waals surface area (Å²) in [5, 5.41) is -0.147.